The number of carboxylic acid groups (broad SMARTS) is 1. The minimum Gasteiger partial charge on any atom is -0.481 e. The van der Waals surface area contributed by atoms with Gasteiger partial charge in [0.25, 0.3) is 0 Å². The smallest absolute Gasteiger partial charge is 0.481 e. The van der Waals surface area contributed by atoms with E-state index in [0.29, 0.717) is 0 Å². The van der Waals surface area contributed by atoms with Crippen LogP contribution in [0.4, 0.5) is 13.2 Å². The number of alkyl halides is 3. The predicted molar refractivity (Wildman–Crippen MR) is 61.4 cm³/mol. The van der Waals surface area contributed by atoms with Crippen molar-refractivity contribution in [3.63, 3.8) is 0 Å². The Labute approximate surface area is 116 Å². The van der Waals surface area contributed by atoms with Crippen LogP contribution in [0.5, 0.6) is 5.75 Å². The highest BCUT2D eigenvalue weighted by Gasteiger charge is 2.31. The number of hydrogen-bond donors (Lipinski definition) is 3. The highest BCUT2D eigenvalue weighted by atomic mass is 35.5. The van der Waals surface area contributed by atoms with Crippen LogP contribution in [0.15, 0.2) is 18.2 Å². The summed E-state index contributed by atoms with van der Waals surface area (Å²) in [6.07, 6.45) is -8.90. The molecule has 0 aliphatic rings. The number of aliphatic hydroxyl groups is 2. The lowest BCUT2D eigenvalue weighted by Gasteiger charge is -2.18. The third kappa shape index (κ3) is 4.87. The zero-order valence-electron chi connectivity index (χ0n) is 9.76. The maximum absolute atomic E-state index is 12.0. The van der Waals surface area contributed by atoms with Crippen LogP contribution in [0.3, 0.4) is 0 Å². The van der Waals surface area contributed by atoms with Crippen molar-refractivity contribution in [1.82, 2.24) is 0 Å². The number of carboxylic acids is 1. The van der Waals surface area contributed by atoms with E-state index in [2.05, 4.69) is 4.74 Å². The van der Waals surface area contributed by atoms with Gasteiger partial charge in [-0.1, -0.05) is 17.7 Å². The molecule has 0 aliphatic carbocycles. The number of aliphatic hydroxyl groups excluding tert-OH is 2. The molecule has 0 heterocycles. The van der Waals surface area contributed by atoms with Crippen LogP contribution in [-0.4, -0.2) is 33.8 Å². The van der Waals surface area contributed by atoms with Crippen LogP contribution in [-0.2, 0) is 4.79 Å². The van der Waals surface area contributed by atoms with E-state index in [4.69, 9.17) is 16.7 Å². The van der Waals surface area contributed by atoms with Gasteiger partial charge in [-0.3, -0.25) is 4.79 Å². The van der Waals surface area contributed by atoms with Crippen molar-refractivity contribution in [2.75, 3.05) is 0 Å². The van der Waals surface area contributed by atoms with Gasteiger partial charge < -0.3 is 20.1 Å². The minimum atomic E-state index is -4.88. The van der Waals surface area contributed by atoms with E-state index >= 15 is 0 Å². The van der Waals surface area contributed by atoms with Crippen LogP contribution in [0, 0.1) is 0 Å². The van der Waals surface area contributed by atoms with Crippen molar-refractivity contribution in [3.8, 4) is 5.75 Å². The van der Waals surface area contributed by atoms with Crippen molar-refractivity contribution in [3.05, 3.63) is 28.8 Å². The lowest BCUT2D eigenvalue weighted by atomic mass is 10.0. The predicted octanol–water partition coefficient (Wildman–Crippen LogP) is 2.11. The average molecular weight is 315 g/mol. The van der Waals surface area contributed by atoms with E-state index in [9.17, 15) is 28.2 Å². The van der Waals surface area contributed by atoms with Gasteiger partial charge >= 0.3 is 12.3 Å². The molecular weight excluding hydrogens is 305 g/mol. The van der Waals surface area contributed by atoms with E-state index in [1.807, 2.05) is 0 Å². The minimum absolute atomic E-state index is 0.102. The van der Waals surface area contributed by atoms with Gasteiger partial charge in [0.2, 0.25) is 0 Å². The van der Waals surface area contributed by atoms with Crippen molar-refractivity contribution >= 4 is 17.6 Å². The Morgan fingerprint density at radius 1 is 1.35 bits per heavy atom. The number of aliphatic carboxylic acids is 1. The molecule has 5 nitrogen and oxygen atoms in total. The summed E-state index contributed by atoms with van der Waals surface area (Å²) in [7, 11) is 0. The van der Waals surface area contributed by atoms with Gasteiger partial charge in [-0.2, -0.15) is 0 Å². The molecule has 1 aromatic rings. The van der Waals surface area contributed by atoms with E-state index in [-0.39, 0.29) is 10.6 Å². The quantitative estimate of drug-likeness (QED) is 0.775. The van der Waals surface area contributed by atoms with Crippen molar-refractivity contribution in [2.24, 2.45) is 0 Å². The molecule has 0 aromatic heterocycles. The Kier molecular flexibility index (Phi) is 5.21. The molecule has 0 saturated carbocycles. The molecule has 0 aliphatic heterocycles. The van der Waals surface area contributed by atoms with Crippen molar-refractivity contribution in [1.29, 1.82) is 0 Å². The Morgan fingerprint density at radius 2 is 1.95 bits per heavy atom. The molecule has 9 heteroatoms. The molecule has 0 bridgehead atoms. The average Bonchev–Trinajstić information content (AvgIpc) is 2.25. The third-order valence-corrected chi connectivity index (χ3v) is 2.60. The summed E-state index contributed by atoms with van der Waals surface area (Å²) in [5.41, 5.74) is -0.102. The second kappa shape index (κ2) is 6.29. The lowest BCUT2D eigenvalue weighted by molar-refractivity contribution is -0.274. The zero-order chi connectivity index (χ0) is 15.5. The Hall–Kier alpha value is -1.51. The molecule has 3 N–H and O–H groups in total. The number of carbonyl (C=O) groups is 1. The topological polar surface area (TPSA) is 87.0 Å². The molecule has 1 rings (SSSR count). The lowest BCUT2D eigenvalue weighted by Crippen LogP contribution is -2.22. The summed E-state index contributed by atoms with van der Waals surface area (Å²) < 4.78 is 39.6. The first kappa shape index (κ1) is 16.5. The third-order valence-electron chi connectivity index (χ3n) is 2.27. The highest BCUT2D eigenvalue weighted by Crippen LogP contribution is 2.32. The fourth-order valence-corrected chi connectivity index (χ4v) is 1.72. The second-order valence-corrected chi connectivity index (χ2v) is 4.25. The van der Waals surface area contributed by atoms with E-state index in [0.717, 1.165) is 18.2 Å². The van der Waals surface area contributed by atoms with Gasteiger partial charge in [-0.05, 0) is 12.1 Å². The van der Waals surface area contributed by atoms with Crippen molar-refractivity contribution < 1.29 is 38.0 Å². The summed E-state index contributed by atoms with van der Waals surface area (Å²) in [6.45, 7) is 0. The Balaban J connectivity index is 2.90. The van der Waals surface area contributed by atoms with Crippen LogP contribution >= 0.6 is 11.6 Å². The molecule has 20 heavy (non-hydrogen) atoms. The van der Waals surface area contributed by atoms with Crippen LogP contribution < -0.4 is 4.74 Å². The first-order chi connectivity index (χ1) is 9.10. The van der Waals surface area contributed by atoms with Crippen LogP contribution in [0.1, 0.15) is 18.1 Å². The number of ether oxygens (including phenoxy) is 1. The van der Waals surface area contributed by atoms with Crippen LogP contribution in [0.25, 0.3) is 0 Å². The van der Waals surface area contributed by atoms with Gasteiger partial charge in [0, 0.05) is 5.56 Å². The molecule has 0 radical (unpaired) electrons. The zero-order valence-corrected chi connectivity index (χ0v) is 10.5. The number of rotatable bonds is 5. The fraction of sp³-hybridized carbons (Fsp3) is 0.364. The van der Waals surface area contributed by atoms with Gasteiger partial charge in [0.15, 0.2) is 0 Å². The van der Waals surface area contributed by atoms with E-state index in [1.165, 1.54) is 0 Å². The molecule has 0 amide bonds. The molecule has 0 spiro atoms. The summed E-state index contributed by atoms with van der Waals surface area (Å²) in [5, 5.41) is 27.3. The molecule has 0 saturated heterocycles. The van der Waals surface area contributed by atoms with E-state index in [1.54, 1.807) is 0 Å². The standard InChI is InChI=1S/C11H10ClF3O5/c12-7-3-5(20-11(13,14)15)1-2-6(7)10(19)8(16)4-9(17)18/h1-3,8,10,16,19H,4H2,(H,17,18). The fourth-order valence-electron chi connectivity index (χ4n) is 1.44. The Bertz CT molecular complexity index is 491. The maximum atomic E-state index is 12.0. The van der Waals surface area contributed by atoms with Gasteiger partial charge in [0.05, 0.1) is 17.5 Å². The molecule has 1 aromatic carbocycles. The summed E-state index contributed by atoms with van der Waals surface area (Å²) >= 11 is 5.67. The maximum Gasteiger partial charge on any atom is 0.573 e. The molecule has 112 valence electrons. The van der Waals surface area contributed by atoms with Gasteiger partial charge in [-0.25, -0.2) is 0 Å². The summed E-state index contributed by atoms with van der Waals surface area (Å²) in [5.74, 6) is -1.93. The molecular formula is C11H10ClF3O5. The first-order valence-electron chi connectivity index (χ1n) is 5.23. The largest absolute Gasteiger partial charge is 0.573 e. The summed E-state index contributed by atoms with van der Waals surface area (Å²) in [6, 6.07) is 2.71. The molecule has 2 unspecified atom stereocenters. The SMILES string of the molecule is O=C(O)CC(O)C(O)c1ccc(OC(F)(F)F)cc1Cl. The second-order valence-electron chi connectivity index (χ2n) is 3.84. The van der Waals surface area contributed by atoms with Crippen LogP contribution in [0.2, 0.25) is 5.02 Å². The van der Waals surface area contributed by atoms with Gasteiger partial charge in [0.1, 0.15) is 11.9 Å². The highest BCUT2D eigenvalue weighted by molar-refractivity contribution is 6.31. The number of hydrogen-bond acceptors (Lipinski definition) is 4. The molecule has 0 fully saturated rings. The van der Waals surface area contributed by atoms with Crippen molar-refractivity contribution in [2.45, 2.75) is 25.0 Å². The number of halogens is 4. The summed E-state index contributed by atoms with van der Waals surface area (Å²) in [4.78, 5) is 10.4. The van der Waals surface area contributed by atoms with Gasteiger partial charge in [-0.15, -0.1) is 13.2 Å². The van der Waals surface area contributed by atoms with E-state index < -0.39 is 36.7 Å². The molecule has 2 atom stereocenters. The monoisotopic (exact) mass is 314 g/mol. The Morgan fingerprint density at radius 3 is 2.40 bits per heavy atom. The first-order valence-corrected chi connectivity index (χ1v) is 5.61. The number of benzene rings is 1. The normalized spacial score (nSPS) is 14.7.